The molecule has 0 bridgehead atoms. The number of nitrogens with one attached hydrogen (secondary N) is 1. The first-order chi connectivity index (χ1) is 9.19. The fourth-order valence-corrected chi connectivity index (χ4v) is 3.53. The van der Waals surface area contributed by atoms with Crippen LogP contribution in [0.15, 0.2) is 5.38 Å². The second kappa shape index (κ2) is 7.36. The first-order valence-corrected chi connectivity index (χ1v) is 8.44. The molecule has 0 spiro atoms. The Balaban J connectivity index is 1.84. The number of piperidine rings is 1. The van der Waals surface area contributed by atoms with E-state index in [-0.39, 0.29) is 0 Å². The van der Waals surface area contributed by atoms with Crippen LogP contribution in [0.4, 0.5) is 0 Å². The van der Waals surface area contributed by atoms with E-state index in [2.05, 4.69) is 36.4 Å². The van der Waals surface area contributed by atoms with E-state index in [1.165, 1.54) is 43.2 Å². The van der Waals surface area contributed by atoms with Gasteiger partial charge in [-0.2, -0.15) is 0 Å². The van der Waals surface area contributed by atoms with Crippen LogP contribution in [-0.2, 0) is 6.54 Å². The summed E-state index contributed by atoms with van der Waals surface area (Å²) in [6.45, 7) is 12.4. The summed E-state index contributed by atoms with van der Waals surface area (Å²) in [7, 11) is 0. The highest BCUT2D eigenvalue weighted by Crippen LogP contribution is 2.22. The first-order valence-electron chi connectivity index (χ1n) is 7.56. The van der Waals surface area contributed by atoms with E-state index in [1.807, 2.05) is 11.3 Å². The lowest BCUT2D eigenvalue weighted by Crippen LogP contribution is -2.39. The molecule has 3 nitrogen and oxygen atoms in total. The van der Waals surface area contributed by atoms with Crippen molar-refractivity contribution in [2.75, 3.05) is 26.2 Å². The predicted octanol–water partition coefficient (Wildman–Crippen LogP) is 3.09. The lowest BCUT2D eigenvalue weighted by atomic mass is 9.98. The van der Waals surface area contributed by atoms with Gasteiger partial charge in [0.25, 0.3) is 0 Å². The molecule has 0 amide bonds. The van der Waals surface area contributed by atoms with E-state index >= 15 is 0 Å². The molecule has 1 aliphatic rings. The molecule has 1 saturated heterocycles. The molecule has 1 aliphatic heterocycles. The maximum atomic E-state index is 4.75. The Labute approximate surface area is 121 Å². The third kappa shape index (κ3) is 4.55. The van der Waals surface area contributed by atoms with Gasteiger partial charge in [0.1, 0.15) is 0 Å². The summed E-state index contributed by atoms with van der Waals surface area (Å²) in [5.41, 5.74) is 1.26. The summed E-state index contributed by atoms with van der Waals surface area (Å²) in [4.78, 5) is 7.33. The molecule has 1 N–H and O–H groups in total. The topological polar surface area (TPSA) is 28.2 Å². The minimum Gasteiger partial charge on any atom is -0.317 e. The second-order valence-corrected chi connectivity index (χ2v) is 6.77. The summed E-state index contributed by atoms with van der Waals surface area (Å²) in [6, 6.07) is 0. The normalized spacial score (nSPS) is 21.2. The second-order valence-electron chi connectivity index (χ2n) is 5.88. The molecule has 0 aromatic carbocycles. The Morgan fingerprint density at radius 2 is 2.37 bits per heavy atom. The Morgan fingerprint density at radius 3 is 3.05 bits per heavy atom. The lowest BCUT2D eigenvalue weighted by molar-refractivity contribution is 0.164. The van der Waals surface area contributed by atoms with Crippen molar-refractivity contribution in [1.29, 1.82) is 0 Å². The maximum absolute atomic E-state index is 4.75. The van der Waals surface area contributed by atoms with E-state index in [1.54, 1.807) is 0 Å². The predicted molar refractivity (Wildman–Crippen MR) is 82.7 cm³/mol. The van der Waals surface area contributed by atoms with Crippen molar-refractivity contribution >= 4 is 11.3 Å². The number of likely N-dealkylation sites (tertiary alicyclic amines) is 1. The van der Waals surface area contributed by atoms with Crippen molar-refractivity contribution in [3.05, 3.63) is 16.1 Å². The highest BCUT2D eigenvalue weighted by Gasteiger charge is 2.20. The molecule has 108 valence electrons. The smallest absolute Gasteiger partial charge is 0.0954 e. The number of hydrogen-bond acceptors (Lipinski definition) is 4. The molecule has 1 aromatic rings. The average Bonchev–Trinajstić information content (AvgIpc) is 2.85. The highest BCUT2D eigenvalue weighted by molar-refractivity contribution is 7.09. The van der Waals surface area contributed by atoms with Gasteiger partial charge >= 0.3 is 0 Å². The standard InChI is InChI=1S/C15H27N3S/c1-4-16-8-13-6-5-7-18(9-13)10-14-11-19-15(17-14)12(2)3/h11-13,16H,4-10H2,1-3H3. The van der Waals surface area contributed by atoms with E-state index < -0.39 is 0 Å². The van der Waals surface area contributed by atoms with Crippen LogP contribution in [-0.4, -0.2) is 36.1 Å². The van der Waals surface area contributed by atoms with Crippen LogP contribution in [0.5, 0.6) is 0 Å². The summed E-state index contributed by atoms with van der Waals surface area (Å²) in [5, 5.41) is 6.99. The third-order valence-corrected chi connectivity index (χ3v) is 4.93. The molecule has 0 aliphatic carbocycles. The van der Waals surface area contributed by atoms with Crippen LogP contribution in [0.25, 0.3) is 0 Å². The number of rotatable bonds is 6. The van der Waals surface area contributed by atoms with Crippen molar-refractivity contribution in [3.63, 3.8) is 0 Å². The van der Waals surface area contributed by atoms with Crippen LogP contribution in [0.1, 0.15) is 50.2 Å². The van der Waals surface area contributed by atoms with Crippen LogP contribution >= 0.6 is 11.3 Å². The van der Waals surface area contributed by atoms with Gasteiger partial charge in [0.05, 0.1) is 10.7 Å². The molecule has 1 atom stereocenters. The van der Waals surface area contributed by atoms with E-state index in [0.29, 0.717) is 5.92 Å². The Hall–Kier alpha value is -0.450. The average molecular weight is 281 g/mol. The number of thiazole rings is 1. The fourth-order valence-electron chi connectivity index (χ4n) is 2.70. The molecule has 4 heteroatoms. The molecule has 1 fully saturated rings. The van der Waals surface area contributed by atoms with Crippen LogP contribution in [0.2, 0.25) is 0 Å². The Kier molecular flexibility index (Phi) is 5.79. The zero-order valence-electron chi connectivity index (χ0n) is 12.5. The van der Waals surface area contributed by atoms with Gasteiger partial charge in [-0.1, -0.05) is 20.8 Å². The molecule has 0 saturated carbocycles. The number of hydrogen-bond donors (Lipinski definition) is 1. The van der Waals surface area contributed by atoms with Crippen LogP contribution < -0.4 is 5.32 Å². The molecular formula is C15H27N3S. The molecule has 1 aromatic heterocycles. The van der Waals surface area contributed by atoms with Gasteiger partial charge in [0.15, 0.2) is 0 Å². The molecule has 0 radical (unpaired) electrons. The number of aromatic nitrogens is 1. The SMILES string of the molecule is CCNCC1CCCN(Cc2csc(C(C)C)n2)C1. The van der Waals surface area contributed by atoms with E-state index in [4.69, 9.17) is 4.98 Å². The van der Waals surface area contributed by atoms with Gasteiger partial charge < -0.3 is 5.32 Å². The van der Waals surface area contributed by atoms with Gasteiger partial charge in [-0.05, 0) is 38.4 Å². The van der Waals surface area contributed by atoms with Gasteiger partial charge in [-0.3, -0.25) is 4.90 Å². The van der Waals surface area contributed by atoms with Crippen LogP contribution in [0.3, 0.4) is 0 Å². The Morgan fingerprint density at radius 1 is 1.53 bits per heavy atom. The van der Waals surface area contributed by atoms with Crippen molar-refractivity contribution in [3.8, 4) is 0 Å². The summed E-state index contributed by atoms with van der Waals surface area (Å²) >= 11 is 1.81. The minimum absolute atomic E-state index is 0.557. The van der Waals surface area contributed by atoms with Gasteiger partial charge in [0.2, 0.25) is 0 Å². The third-order valence-electron chi connectivity index (χ3n) is 3.74. The summed E-state index contributed by atoms with van der Waals surface area (Å²) in [6.07, 6.45) is 2.70. The first kappa shape index (κ1) is 14.9. The monoisotopic (exact) mass is 281 g/mol. The Bertz CT molecular complexity index is 375. The van der Waals surface area contributed by atoms with Gasteiger partial charge in [-0.25, -0.2) is 4.98 Å². The molecule has 19 heavy (non-hydrogen) atoms. The van der Waals surface area contributed by atoms with E-state index in [9.17, 15) is 0 Å². The maximum Gasteiger partial charge on any atom is 0.0954 e. The molecule has 2 rings (SSSR count). The quantitative estimate of drug-likeness (QED) is 0.868. The van der Waals surface area contributed by atoms with Gasteiger partial charge in [-0.15, -0.1) is 11.3 Å². The zero-order chi connectivity index (χ0) is 13.7. The van der Waals surface area contributed by atoms with Crippen LogP contribution in [0, 0.1) is 5.92 Å². The molecule has 2 heterocycles. The van der Waals surface area contributed by atoms with Crippen molar-refractivity contribution < 1.29 is 0 Å². The summed E-state index contributed by atoms with van der Waals surface area (Å²) in [5.74, 6) is 1.37. The fraction of sp³-hybridized carbons (Fsp3) is 0.800. The largest absolute Gasteiger partial charge is 0.317 e. The number of nitrogens with zero attached hydrogens (tertiary/aromatic N) is 2. The van der Waals surface area contributed by atoms with Crippen molar-refractivity contribution in [2.24, 2.45) is 5.92 Å². The lowest BCUT2D eigenvalue weighted by Gasteiger charge is -2.32. The van der Waals surface area contributed by atoms with E-state index in [0.717, 1.165) is 19.0 Å². The molecular weight excluding hydrogens is 254 g/mol. The van der Waals surface area contributed by atoms with Crippen molar-refractivity contribution in [2.45, 2.75) is 46.1 Å². The highest BCUT2D eigenvalue weighted by atomic mass is 32.1. The molecule has 1 unspecified atom stereocenters. The van der Waals surface area contributed by atoms with Crippen molar-refractivity contribution in [1.82, 2.24) is 15.2 Å². The minimum atomic E-state index is 0.557. The summed E-state index contributed by atoms with van der Waals surface area (Å²) < 4.78 is 0. The van der Waals surface area contributed by atoms with Gasteiger partial charge in [0, 0.05) is 24.4 Å². The zero-order valence-corrected chi connectivity index (χ0v) is 13.3.